The molecule has 1 aromatic carbocycles. The molecule has 0 radical (unpaired) electrons. The van der Waals surface area contributed by atoms with E-state index in [0.29, 0.717) is 37.8 Å². The van der Waals surface area contributed by atoms with Crippen LogP contribution in [0.4, 0.5) is 23.7 Å². The zero-order valence-electron chi connectivity index (χ0n) is 14.7. The Kier molecular flexibility index (Phi) is 5.76. The maximum Gasteiger partial charge on any atom is 0.416 e. The summed E-state index contributed by atoms with van der Waals surface area (Å²) in [6.07, 6.45) is -2.79. The third-order valence-electron chi connectivity index (χ3n) is 4.65. The number of benzene rings is 1. The van der Waals surface area contributed by atoms with Crippen LogP contribution in [0, 0.1) is 11.8 Å². The van der Waals surface area contributed by atoms with Crippen molar-refractivity contribution in [2.45, 2.75) is 19.0 Å². The lowest BCUT2D eigenvalue weighted by atomic mass is 9.98. The summed E-state index contributed by atoms with van der Waals surface area (Å²) < 4.78 is 43.1. The van der Waals surface area contributed by atoms with Gasteiger partial charge >= 0.3 is 12.3 Å². The lowest BCUT2D eigenvalue weighted by molar-refractivity contribution is -0.137. The van der Waals surface area contributed by atoms with E-state index in [0.717, 1.165) is 25.0 Å². The lowest BCUT2D eigenvalue weighted by Crippen LogP contribution is -2.51. The molecule has 0 aromatic heterocycles. The van der Waals surface area contributed by atoms with Crippen molar-refractivity contribution in [2.75, 3.05) is 37.7 Å². The molecule has 1 aliphatic carbocycles. The first-order valence-electron chi connectivity index (χ1n) is 8.91. The number of anilines is 1. The van der Waals surface area contributed by atoms with Crippen molar-refractivity contribution in [1.29, 1.82) is 0 Å². The summed E-state index contributed by atoms with van der Waals surface area (Å²) in [5.41, 5.74) is -0.166. The van der Waals surface area contributed by atoms with Crippen molar-refractivity contribution in [3.8, 4) is 0 Å². The normalized spacial score (nSPS) is 17.2. The lowest BCUT2D eigenvalue weighted by Gasteiger charge is -2.41. The van der Waals surface area contributed by atoms with Crippen LogP contribution in [0.5, 0.6) is 0 Å². The number of hydrogen-bond donors (Lipinski definition) is 2. The molecule has 1 aliphatic heterocycles. The molecule has 0 unspecified atom stereocenters. The quantitative estimate of drug-likeness (QED) is 0.756. The van der Waals surface area contributed by atoms with E-state index in [1.54, 1.807) is 6.07 Å². The first-order chi connectivity index (χ1) is 12.8. The van der Waals surface area contributed by atoms with E-state index in [2.05, 4.69) is 10.6 Å². The first-order valence-corrected chi connectivity index (χ1v) is 8.91. The van der Waals surface area contributed by atoms with Gasteiger partial charge in [0.1, 0.15) is 0 Å². The number of halogens is 3. The van der Waals surface area contributed by atoms with Crippen LogP contribution in [0.1, 0.15) is 18.4 Å². The van der Waals surface area contributed by atoms with Gasteiger partial charge in [0, 0.05) is 37.8 Å². The van der Waals surface area contributed by atoms with Crippen LogP contribution in [0.3, 0.4) is 0 Å². The summed E-state index contributed by atoms with van der Waals surface area (Å²) in [6.45, 7) is 1.74. The zero-order chi connectivity index (χ0) is 19.4. The summed E-state index contributed by atoms with van der Waals surface area (Å²) in [6, 6.07) is 5.18. The number of carbonyl (C=O) groups is 2. The summed E-state index contributed by atoms with van der Waals surface area (Å²) in [4.78, 5) is 24.9. The Morgan fingerprint density at radius 1 is 1.11 bits per heavy atom. The average molecular weight is 385 g/mol. The number of alkyl carbamates (subject to hydrolysis) is 1. The average Bonchev–Trinajstić information content (AvgIpc) is 3.40. The van der Waals surface area contributed by atoms with Gasteiger partial charge in [-0.3, -0.25) is 4.79 Å². The van der Waals surface area contributed by atoms with Gasteiger partial charge < -0.3 is 20.3 Å². The van der Waals surface area contributed by atoms with Crippen LogP contribution in [-0.2, 0) is 15.7 Å². The number of ether oxygens (including phenoxy) is 1. The van der Waals surface area contributed by atoms with Gasteiger partial charge in [0.05, 0.1) is 5.56 Å². The Morgan fingerprint density at radius 3 is 2.48 bits per heavy atom. The number of rotatable bonds is 7. The summed E-state index contributed by atoms with van der Waals surface area (Å²) in [5.74, 6) is 0.355. The van der Waals surface area contributed by atoms with E-state index >= 15 is 0 Å². The van der Waals surface area contributed by atoms with Gasteiger partial charge in [-0.15, -0.1) is 0 Å². The standard InChI is InChI=1S/C18H22F3N3O3/c19-18(20,21)14-2-1-3-15(6-14)24-9-13(10-24)8-23-17(26)27-11-16(25)22-7-12-4-5-12/h1-3,6,12-13H,4-5,7-11H2,(H,22,25)(H,23,26). The van der Waals surface area contributed by atoms with E-state index < -0.39 is 17.8 Å². The van der Waals surface area contributed by atoms with Gasteiger partial charge in [0.2, 0.25) is 0 Å². The van der Waals surface area contributed by atoms with Gasteiger partial charge in [-0.1, -0.05) is 6.07 Å². The Morgan fingerprint density at radius 2 is 1.81 bits per heavy atom. The second-order valence-electron chi connectivity index (χ2n) is 7.02. The molecule has 2 aliphatic rings. The predicted octanol–water partition coefficient (Wildman–Crippen LogP) is 2.39. The molecule has 6 nitrogen and oxygen atoms in total. The second-order valence-corrected chi connectivity index (χ2v) is 7.02. The van der Waals surface area contributed by atoms with Crippen molar-refractivity contribution < 1.29 is 27.5 Å². The van der Waals surface area contributed by atoms with Crippen LogP contribution < -0.4 is 15.5 Å². The fourth-order valence-electron chi connectivity index (χ4n) is 2.83. The monoisotopic (exact) mass is 385 g/mol. The van der Waals surface area contributed by atoms with E-state index in [1.165, 1.54) is 6.07 Å². The number of nitrogens with zero attached hydrogens (tertiary/aromatic N) is 1. The van der Waals surface area contributed by atoms with E-state index in [1.807, 2.05) is 4.90 Å². The van der Waals surface area contributed by atoms with Gasteiger partial charge in [-0.05, 0) is 37.0 Å². The Labute approximate surface area is 155 Å². The smallest absolute Gasteiger partial charge is 0.416 e. The van der Waals surface area contributed by atoms with Gasteiger partial charge in [0.25, 0.3) is 5.91 Å². The summed E-state index contributed by atoms with van der Waals surface area (Å²) in [7, 11) is 0. The fraction of sp³-hybridized carbons (Fsp3) is 0.556. The van der Waals surface area contributed by atoms with Gasteiger partial charge in [0.15, 0.2) is 6.61 Å². The highest BCUT2D eigenvalue weighted by molar-refractivity contribution is 5.80. The van der Waals surface area contributed by atoms with Crippen LogP contribution in [0.2, 0.25) is 0 Å². The molecule has 27 heavy (non-hydrogen) atoms. The minimum atomic E-state index is -4.36. The molecular weight excluding hydrogens is 363 g/mol. The highest BCUT2D eigenvalue weighted by atomic mass is 19.4. The van der Waals surface area contributed by atoms with E-state index in [4.69, 9.17) is 4.74 Å². The highest BCUT2D eigenvalue weighted by Gasteiger charge is 2.33. The SMILES string of the molecule is O=C(COC(=O)NCC1CN(c2cccc(C(F)(F)F)c2)C1)NCC1CC1. The molecule has 1 saturated heterocycles. The molecule has 9 heteroatoms. The number of amides is 2. The van der Waals surface area contributed by atoms with Crippen LogP contribution in [-0.4, -0.2) is 44.8 Å². The molecular formula is C18H22F3N3O3. The maximum atomic E-state index is 12.8. The Bertz CT molecular complexity index is 686. The molecule has 2 amide bonds. The molecule has 2 N–H and O–H groups in total. The van der Waals surface area contributed by atoms with E-state index in [9.17, 15) is 22.8 Å². The first kappa shape index (κ1) is 19.3. The minimum absolute atomic E-state index is 0.121. The topological polar surface area (TPSA) is 70.7 Å². The van der Waals surface area contributed by atoms with Gasteiger partial charge in [-0.25, -0.2) is 4.79 Å². The molecule has 148 valence electrons. The number of nitrogens with one attached hydrogen (secondary N) is 2. The zero-order valence-corrected chi connectivity index (χ0v) is 14.7. The third-order valence-corrected chi connectivity index (χ3v) is 4.65. The summed E-state index contributed by atoms with van der Waals surface area (Å²) in [5, 5.41) is 5.27. The molecule has 1 aromatic rings. The van der Waals surface area contributed by atoms with Crippen molar-refractivity contribution >= 4 is 17.7 Å². The second kappa shape index (κ2) is 8.06. The third kappa shape index (κ3) is 5.77. The van der Waals surface area contributed by atoms with Crippen molar-refractivity contribution in [3.63, 3.8) is 0 Å². The van der Waals surface area contributed by atoms with Crippen LogP contribution >= 0.6 is 0 Å². The molecule has 0 spiro atoms. The number of alkyl halides is 3. The number of hydrogen-bond acceptors (Lipinski definition) is 4. The van der Waals surface area contributed by atoms with Crippen molar-refractivity contribution in [3.05, 3.63) is 29.8 Å². The molecule has 0 atom stereocenters. The molecule has 2 fully saturated rings. The van der Waals surface area contributed by atoms with Gasteiger partial charge in [-0.2, -0.15) is 13.2 Å². The van der Waals surface area contributed by atoms with Crippen LogP contribution in [0.15, 0.2) is 24.3 Å². The number of carbonyl (C=O) groups excluding carboxylic acids is 2. The molecule has 1 saturated carbocycles. The largest absolute Gasteiger partial charge is 0.439 e. The minimum Gasteiger partial charge on any atom is -0.439 e. The van der Waals surface area contributed by atoms with Crippen LogP contribution in [0.25, 0.3) is 0 Å². The molecule has 0 bridgehead atoms. The summed E-state index contributed by atoms with van der Waals surface area (Å²) >= 11 is 0. The van der Waals surface area contributed by atoms with E-state index in [-0.39, 0.29) is 18.4 Å². The maximum absolute atomic E-state index is 12.8. The van der Waals surface area contributed by atoms with Crippen molar-refractivity contribution in [2.24, 2.45) is 11.8 Å². The highest BCUT2D eigenvalue weighted by Crippen LogP contribution is 2.33. The Balaban J connectivity index is 1.32. The fourth-order valence-corrected chi connectivity index (χ4v) is 2.83. The van der Waals surface area contributed by atoms with Crippen molar-refractivity contribution in [1.82, 2.24) is 10.6 Å². The molecule has 3 rings (SSSR count). The predicted molar refractivity (Wildman–Crippen MR) is 92.2 cm³/mol. The Hall–Kier alpha value is -2.45. The molecule has 1 heterocycles.